The minimum absolute atomic E-state index is 1.01. The number of nitrogens with zero attached hydrogens (tertiary/aromatic N) is 1. The maximum atomic E-state index is 2.85. The number of hydrogen-bond donors (Lipinski definition) is 0. The Morgan fingerprint density at radius 3 is 2.92 bits per heavy atom. The van der Waals surface area contributed by atoms with Crippen LogP contribution in [0.4, 0.5) is 0 Å². The molecule has 1 saturated carbocycles. The Bertz CT molecular complexity index is 160. The van der Waals surface area contributed by atoms with E-state index in [4.69, 9.17) is 0 Å². The van der Waals surface area contributed by atoms with Gasteiger partial charge in [-0.2, -0.15) is 0 Å². The molecule has 0 radical (unpaired) electrons. The Morgan fingerprint density at radius 1 is 0.917 bits per heavy atom. The van der Waals surface area contributed by atoms with Crippen LogP contribution in [0.15, 0.2) is 0 Å². The molecule has 2 bridgehead atoms. The monoisotopic (exact) mass is 165 g/mol. The highest BCUT2D eigenvalue weighted by atomic mass is 15.2. The molecule has 12 heavy (non-hydrogen) atoms. The molecule has 1 aliphatic carbocycles. The van der Waals surface area contributed by atoms with Gasteiger partial charge in [-0.1, -0.05) is 12.8 Å². The molecule has 2 aliphatic heterocycles. The second kappa shape index (κ2) is 2.73. The number of rotatable bonds is 0. The molecule has 68 valence electrons. The molecule has 1 nitrogen and oxygen atoms in total. The van der Waals surface area contributed by atoms with E-state index in [-0.39, 0.29) is 0 Å². The summed E-state index contributed by atoms with van der Waals surface area (Å²) < 4.78 is 0. The molecule has 3 fully saturated rings. The van der Waals surface area contributed by atoms with E-state index < -0.39 is 0 Å². The zero-order valence-corrected chi connectivity index (χ0v) is 7.84. The van der Waals surface area contributed by atoms with Gasteiger partial charge < -0.3 is 0 Å². The third-order valence-electron chi connectivity index (χ3n) is 4.29. The SMILES string of the molecule is C1CC2CC(C1)N1CCCCC21. The zero-order chi connectivity index (χ0) is 7.97. The van der Waals surface area contributed by atoms with Crippen molar-refractivity contribution >= 4 is 0 Å². The van der Waals surface area contributed by atoms with Crippen LogP contribution in [0.25, 0.3) is 0 Å². The topological polar surface area (TPSA) is 3.24 Å². The molecule has 2 heterocycles. The first-order valence-corrected chi connectivity index (χ1v) is 5.71. The fourth-order valence-corrected chi connectivity index (χ4v) is 3.79. The first kappa shape index (κ1) is 7.37. The van der Waals surface area contributed by atoms with Crippen LogP contribution >= 0.6 is 0 Å². The molecule has 3 atom stereocenters. The Kier molecular flexibility index (Phi) is 1.68. The fourth-order valence-electron chi connectivity index (χ4n) is 3.79. The fraction of sp³-hybridized carbons (Fsp3) is 1.00. The largest absolute Gasteiger partial charge is 0.297 e. The highest BCUT2D eigenvalue weighted by Gasteiger charge is 2.43. The van der Waals surface area contributed by atoms with Crippen LogP contribution in [0, 0.1) is 5.92 Å². The number of fused-ring (bicyclic) bond motifs is 5. The van der Waals surface area contributed by atoms with Crippen LogP contribution in [0.3, 0.4) is 0 Å². The van der Waals surface area contributed by atoms with Gasteiger partial charge in [0.25, 0.3) is 0 Å². The van der Waals surface area contributed by atoms with Gasteiger partial charge in [0.2, 0.25) is 0 Å². The van der Waals surface area contributed by atoms with Crippen molar-refractivity contribution in [3.05, 3.63) is 0 Å². The molecule has 0 spiro atoms. The third-order valence-corrected chi connectivity index (χ3v) is 4.29. The Hall–Kier alpha value is -0.0400. The van der Waals surface area contributed by atoms with Gasteiger partial charge in [-0.25, -0.2) is 0 Å². The second-order valence-electron chi connectivity index (χ2n) is 4.88. The average molecular weight is 165 g/mol. The summed E-state index contributed by atoms with van der Waals surface area (Å²) >= 11 is 0. The summed E-state index contributed by atoms with van der Waals surface area (Å²) in [6, 6.07) is 2.03. The summed E-state index contributed by atoms with van der Waals surface area (Å²) in [5.74, 6) is 1.10. The summed E-state index contributed by atoms with van der Waals surface area (Å²) in [6.07, 6.45) is 10.6. The Labute approximate surface area is 75.1 Å². The van der Waals surface area contributed by atoms with E-state index in [0.29, 0.717) is 0 Å². The van der Waals surface area contributed by atoms with Gasteiger partial charge >= 0.3 is 0 Å². The lowest BCUT2D eigenvalue weighted by Gasteiger charge is -2.33. The first-order valence-electron chi connectivity index (χ1n) is 5.71. The maximum absolute atomic E-state index is 2.85. The van der Waals surface area contributed by atoms with Crippen LogP contribution in [0.1, 0.15) is 44.9 Å². The lowest BCUT2D eigenvalue weighted by Crippen LogP contribution is -2.39. The van der Waals surface area contributed by atoms with E-state index in [1.807, 2.05) is 0 Å². The first-order chi connectivity index (χ1) is 5.95. The minimum Gasteiger partial charge on any atom is -0.297 e. The molecule has 3 unspecified atom stereocenters. The van der Waals surface area contributed by atoms with Crippen molar-refractivity contribution in [1.82, 2.24) is 4.90 Å². The quantitative estimate of drug-likeness (QED) is 0.533. The van der Waals surface area contributed by atoms with Gasteiger partial charge in [-0.05, 0) is 44.6 Å². The van der Waals surface area contributed by atoms with Gasteiger partial charge in [-0.15, -0.1) is 0 Å². The van der Waals surface area contributed by atoms with Crippen molar-refractivity contribution in [3.63, 3.8) is 0 Å². The van der Waals surface area contributed by atoms with E-state index in [2.05, 4.69) is 4.90 Å². The van der Waals surface area contributed by atoms with E-state index >= 15 is 0 Å². The number of hydrogen-bond acceptors (Lipinski definition) is 1. The van der Waals surface area contributed by atoms with E-state index in [9.17, 15) is 0 Å². The van der Waals surface area contributed by atoms with Crippen molar-refractivity contribution in [2.24, 2.45) is 5.92 Å². The van der Waals surface area contributed by atoms with E-state index in [1.54, 1.807) is 6.42 Å². The molecular weight excluding hydrogens is 146 g/mol. The average Bonchev–Trinajstić information content (AvgIpc) is 2.41. The molecule has 3 aliphatic rings. The molecule has 0 N–H and O–H groups in total. The normalized spacial score (nSPS) is 47.5. The standard InChI is InChI=1S/C11H19N/c1-2-7-12-10-5-3-4-9(8-10)11(12)6-1/h9-11H,1-8H2. The van der Waals surface area contributed by atoms with Gasteiger partial charge in [0.05, 0.1) is 0 Å². The Balaban J connectivity index is 1.83. The van der Waals surface area contributed by atoms with E-state index in [0.717, 1.165) is 18.0 Å². The highest BCUT2D eigenvalue weighted by Crippen LogP contribution is 2.43. The highest BCUT2D eigenvalue weighted by molar-refractivity contribution is 4.98. The zero-order valence-electron chi connectivity index (χ0n) is 7.84. The molecule has 0 aromatic heterocycles. The molecule has 0 amide bonds. The predicted molar refractivity (Wildman–Crippen MR) is 50.1 cm³/mol. The van der Waals surface area contributed by atoms with Crippen molar-refractivity contribution in [2.45, 2.75) is 57.0 Å². The molecule has 1 heteroatoms. The van der Waals surface area contributed by atoms with Crippen LogP contribution in [-0.4, -0.2) is 23.5 Å². The molecule has 2 saturated heterocycles. The molecule has 3 rings (SSSR count). The van der Waals surface area contributed by atoms with Crippen molar-refractivity contribution < 1.29 is 0 Å². The van der Waals surface area contributed by atoms with E-state index in [1.165, 1.54) is 45.1 Å². The second-order valence-corrected chi connectivity index (χ2v) is 4.88. The van der Waals surface area contributed by atoms with Crippen LogP contribution in [0.5, 0.6) is 0 Å². The Morgan fingerprint density at radius 2 is 1.92 bits per heavy atom. The molecule has 0 aromatic carbocycles. The summed E-state index contributed by atoms with van der Waals surface area (Å²) in [7, 11) is 0. The summed E-state index contributed by atoms with van der Waals surface area (Å²) in [6.45, 7) is 1.42. The van der Waals surface area contributed by atoms with Crippen molar-refractivity contribution in [1.29, 1.82) is 0 Å². The summed E-state index contributed by atoms with van der Waals surface area (Å²) in [5.41, 5.74) is 0. The third kappa shape index (κ3) is 0.953. The predicted octanol–water partition coefficient (Wildman–Crippen LogP) is 2.41. The molecular formula is C11H19N. The van der Waals surface area contributed by atoms with Crippen molar-refractivity contribution in [2.75, 3.05) is 6.54 Å². The number of piperidine rings is 1. The molecule has 0 aromatic rings. The lowest BCUT2D eigenvalue weighted by atomic mass is 9.85. The van der Waals surface area contributed by atoms with Crippen LogP contribution < -0.4 is 0 Å². The maximum Gasteiger partial charge on any atom is 0.0127 e. The summed E-state index contributed by atoms with van der Waals surface area (Å²) in [5, 5.41) is 0. The summed E-state index contributed by atoms with van der Waals surface area (Å²) in [4.78, 5) is 2.85. The van der Waals surface area contributed by atoms with Gasteiger partial charge in [0.15, 0.2) is 0 Å². The van der Waals surface area contributed by atoms with Gasteiger partial charge in [0, 0.05) is 12.1 Å². The van der Waals surface area contributed by atoms with Gasteiger partial charge in [-0.3, -0.25) is 4.90 Å². The van der Waals surface area contributed by atoms with Crippen LogP contribution in [-0.2, 0) is 0 Å². The lowest BCUT2D eigenvalue weighted by molar-refractivity contribution is 0.142. The van der Waals surface area contributed by atoms with Crippen molar-refractivity contribution in [3.8, 4) is 0 Å². The minimum atomic E-state index is 1.01. The van der Waals surface area contributed by atoms with Gasteiger partial charge in [0.1, 0.15) is 0 Å². The smallest absolute Gasteiger partial charge is 0.0127 e. The van der Waals surface area contributed by atoms with Crippen LogP contribution in [0.2, 0.25) is 0 Å².